The molecule has 0 N–H and O–H groups in total. The van der Waals surface area contributed by atoms with Crippen LogP contribution in [0.1, 0.15) is 26.3 Å². The van der Waals surface area contributed by atoms with E-state index in [4.69, 9.17) is 9.72 Å². The predicted octanol–water partition coefficient (Wildman–Crippen LogP) is 13.6. The monoisotopic (exact) mass is 763 g/mol. The third-order valence-electron chi connectivity index (χ3n) is 12.4. The first-order valence-electron chi connectivity index (χ1n) is 20.4. The second-order valence-corrected chi connectivity index (χ2v) is 17.0. The Kier molecular flexibility index (Phi) is 7.07. The molecule has 59 heavy (non-hydrogen) atoms. The van der Waals surface area contributed by atoms with Crippen LogP contribution in [-0.4, -0.2) is 27.8 Å². The van der Waals surface area contributed by atoms with E-state index in [1.54, 1.807) is 0 Å². The van der Waals surface area contributed by atoms with Gasteiger partial charge in [-0.25, -0.2) is 4.98 Å². The van der Waals surface area contributed by atoms with Crippen LogP contribution in [-0.2, 0) is 5.41 Å². The summed E-state index contributed by atoms with van der Waals surface area (Å²) in [7, 11) is 2.14. The number of anilines is 3. The molecule has 0 atom stereocenters. The van der Waals surface area contributed by atoms with Gasteiger partial charge in [0.15, 0.2) is 0 Å². The van der Waals surface area contributed by atoms with Crippen LogP contribution in [0.5, 0.6) is 11.5 Å². The van der Waals surface area contributed by atoms with Crippen molar-refractivity contribution in [3.8, 4) is 45.3 Å². The molecule has 0 saturated carbocycles. The fourth-order valence-electron chi connectivity index (χ4n) is 9.73. The highest BCUT2D eigenvalue weighted by Crippen LogP contribution is 2.51. The average molecular weight is 764 g/mol. The van der Waals surface area contributed by atoms with Crippen LogP contribution in [0.2, 0.25) is 0 Å². The van der Waals surface area contributed by atoms with Gasteiger partial charge in [0.1, 0.15) is 17.3 Å². The highest BCUT2D eigenvalue weighted by molar-refractivity contribution is 6.22. The van der Waals surface area contributed by atoms with Crippen LogP contribution in [0.15, 0.2) is 164 Å². The van der Waals surface area contributed by atoms with Crippen molar-refractivity contribution in [2.24, 2.45) is 0 Å². The molecule has 7 aromatic carbocycles. The summed E-state index contributed by atoms with van der Waals surface area (Å²) < 4.78 is 11.6. The average Bonchev–Trinajstić information content (AvgIpc) is 3.87. The maximum absolute atomic E-state index is 6.80. The van der Waals surface area contributed by atoms with Crippen molar-refractivity contribution in [2.45, 2.75) is 26.2 Å². The summed E-state index contributed by atoms with van der Waals surface area (Å²) in [6, 6.07) is 57.0. The minimum Gasteiger partial charge on any atom is -0.457 e. The zero-order valence-electron chi connectivity index (χ0n) is 33.4. The first kappa shape index (κ1) is 33.8. The van der Waals surface area contributed by atoms with Gasteiger partial charge in [-0.3, -0.25) is 4.57 Å². The molecule has 6 heteroatoms. The van der Waals surface area contributed by atoms with Crippen LogP contribution in [0.3, 0.4) is 0 Å². The van der Waals surface area contributed by atoms with Crippen molar-refractivity contribution in [3.63, 3.8) is 0 Å². The fourth-order valence-corrected chi connectivity index (χ4v) is 9.73. The third-order valence-corrected chi connectivity index (χ3v) is 12.4. The van der Waals surface area contributed by atoms with Gasteiger partial charge >= 0.3 is 0 Å². The van der Waals surface area contributed by atoms with Gasteiger partial charge < -0.3 is 19.1 Å². The Labute approximate surface area is 342 Å². The lowest BCUT2D eigenvalue weighted by Gasteiger charge is -2.20. The molecule has 0 bridgehead atoms. The van der Waals surface area contributed by atoms with Crippen LogP contribution in [0.25, 0.3) is 77.4 Å². The molecule has 0 unspecified atom stereocenters. The Morgan fingerprint density at radius 1 is 0.542 bits per heavy atom. The van der Waals surface area contributed by atoms with Gasteiger partial charge in [-0.05, 0) is 88.8 Å². The molecule has 284 valence electrons. The van der Waals surface area contributed by atoms with Crippen molar-refractivity contribution in [3.05, 3.63) is 169 Å². The molecule has 2 aliphatic rings. The number of para-hydroxylation sites is 4. The molecule has 5 heterocycles. The van der Waals surface area contributed by atoms with E-state index in [-0.39, 0.29) is 5.41 Å². The molecule has 0 amide bonds. The van der Waals surface area contributed by atoms with Gasteiger partial charge in [-0.2, -0.15) is 0 Å². The molecular formula is C53H41N5O. The lowest BCUT2D eigenvalue weighted by atomic mass is 9.88. The normalized spacial score (nSPS) is 13.3. The lowest BCUT2D eigenvalue weighted by molar-refractivity contribution is 0.483. The van der Waals surface area contributed by atoms with E-state index in [9.17, 15) is 0 Å². The molecular weight excluding hydrogens is 723 g/mol. The Bertz CT molecular complexity index is 3360. The van der Waals surface area contributed by atoms with Gasteiger partial charge in [0.05, 0.1) is 45.8 Å². The van der Waals surface area contributed by atoms with Gasteiger partial charge in [0.2, 0.25) is 0 Å². The number of hydrogen-bond donors (Lipinski definition) is 0. The van der Waals surface area contributed by atoms with Gasteiger partial charge in [-0.15, -0.1) is 0 Å². The number of nitrogens with zero attached hydrogens (tertiary/aromatic N) is 5. The van der Waals surface area contributed by atoms with Gasteiger partial charge in [-0.1, -0.05) is 99.6 Å². The van der Waals surface area contributed by atoms with Gasteiger partial charge in [0.25, 0.3) is 0 Å². The van der Waals surface area contributed by atoms with E-state index in [2.05, 4.69) is 198 Å². The quantitative estimate of drug-likeness (QED) is 0.179. The number of pyridine rings is 1. The van der Waals surface area contributed by atoms with E-state index in [0.29, 0.717) is 0 Å². The minimum absolute atomic E-state index is 0.0525. The van der Waals surface area contributed by atoms with Crippen LogP contribution in [0.4, 0.5) is 17.1 Å². The zero-order chi connectivity index (χ0) is 39.6. The number of benzene rings is 7. The van der Waals surface area contributed by atoms with E-state index >= 15 is 0 Å². The molecule has 12 rings (SSSR count). The Morgan fingerprint density at radius 2 is 1.29 bits per heavy atom. The van der Waals surface area contributed by atoms with Crippen molar-refractivity contribution in [1.82, 2.24) is 14.1 Å². The standard InChI is InChI=1S/C53H41N5O/c1-53(2,3)33-27-28-54-49(29-33)57-46-25-26-47-50(39-17-6-5-15-37(39)40-18-12-19-41-38-16-7-8-20-43(38)58(47)52(40)41)51(46)42-24-23-36(31-48(42)57)59-35-14-11-13-34(30-35)56-32-55(4)44-21-9-10-22-45(44)56/h5-31H,32H2,1-4H3. The SMILES string of the molecule is CN1CN(c2cccc(Oc3ccc4c5c6c(ccc5n(-c5cc(C(C)(C)C)ccn5)c4c3)-n3c4ccccc4c4cccc(c43)-c3ccccc3-6)c2)c2ccccc21. The van der Waals surface area contributed by atoms with Crippen molar-refractivity contribution >= 4 is 60.7 Å². The highest BCUT2D eigenvalue weighted by Gasteiger charge is 2.29. The summed E-state index contributed by atoms with van der Waals surface area (Å²) in [4.78, 5) is 9.68. The molecule has 3 aromatic heterocycles. The number of fused-ring (bicyclic) bond motifs is 13. The van der Waals surface area contributed by atoms with E-state index in [0.717, 1.165) is 46.1 Å². The van der Waals surface area contributed by atoms with Gasteiger partial charge in [0, 0.05) is 63.7 Å². The maximum atomic E-state index is 6.80. The van der Waals surface area contributed by atoms with Crippen molar-refractivity contribution in [1.29, 1.82) is 0 Å². The third kappa shape index (κ3) is 4.96. The summed E-state index contributed by atoms with van der Waals surface area (Å²) >= 11 is 0. The van der Waals surface area contributed by atoms with E-state index in [1.165, 1.54) is 72.1 Å². The molecule has 6 nitrogen and oxygen atoms in total. The molecule has 10 aromatic rings. The van der Waals surface area contributed by atoms with Crippen LogP contribution < -0.4 is 14.5 Å². The Balaban J connectivity index is 1.11. The first-order chi connectivity index (χ1) is 28.8. The number of ether oxygens (including phenoxy) is 1. The summed E-state index contributed by atoms with van der Waals surface area (Å²) in [5, 5.41) is 4.86. The highest BCUT2D eigenvalue weighted by atomic mass is 16.5. The summed E-state index contributed by atoms with van der Waals surface area (Å²) in [6.45, 7) is 7.55. The number of hydrogen-bond acceptors (Lipinski definition) is 4. The van der Waals surface area contributed by atoms with Crippen LogP contribution in [0, 0.1) is 0 Å². The summed E-state index contributed by atoms with van der Waals surface area (Å²) in [5.41, 5.74) is 15.3. The molecule has 0 fully saturated rings. The molecule has 0 aliphatic carbocycles. The Hall–Kier alpha value is -7.31. The molecule has 0 radical (unpaired) electrons. The predicted molar refractivity (Wildman–Crippen MR) is 244 cm³/mol. The van der Waals surface area contributed by atoms with Crippen molar-refractivity contribution in [2.75, 3.05) is 23.5 Å². The molecule has 0 spiro atoms. The maximum Gasteiger partial charge on any atom is 0.137 e. The van der Waals surface area contributed by atoms with E-state index in [1.807, 2.05) is 12.3 Å². The van der Waals surface area contributed by atoms with Crippen LogP contribution >= 0.6 is 0 Å². The number of rotatable bonds is 4. The minimum atomic E-state index is -0.0525. The second-order valence-electron chi connectivity index (χ2n) is 17.0. The second kappa shape index (κ2) is 12.3. The van der Waals surface area contributed by atoms with Crippen molar-refractivity contribution < 1.29 is 4.74 Å². The fraction of sp³-hybridized carbons (Fsp3) is 0.113. The Morgan fingerprint density at radius 3 is 2.17 bits per heavy atom. The zero-order valence-corrected chi connectivity index (χ0v) is 33.4. The lowest BCUT2D eigenvalue weighted by Crippen LogP contribution is -2.23. The smallest absolute Gasteiger partial charge is 0.137 e. The summed E-state index contributed by atoms with van der Waals surface area (Å²) in [6.07, 6.45) is 1.95. The molecule has 0 saturated heterocycles. The molecule has 2 aliphatic heterocycles. The first-order valence-corrected chi connectivity index (χ1v) is 20.4. The number of aromatic nitrogens is 3. The topological polar surface area (TPSA) is 38.5 Å². The largest absolute Gasteiger partial charge is 0.457 e. The summed E-state index contributed by atoms with van der Waals surface area (Å²) in [5.74, 6) is 2.43. The van der Waals surface area contributed by atoms with E-state index < -0.39 is 0 Å².